The summed E-state index contributed by atoms with van der Waals surface area (Å²) >= 11 is 0. The molecular weight excluding hydrogens is 437 g/mol. The second-order valence-corrected chi connectivity index (χ2v) is 8.65. The summed E-state index contributed by atoms with van der Waals surface area (Å²) in [5, 5.41) is 8.11. The van der Waals surface area contributed by atoms with Crippen LogP contribution in [-0.2, 0) is 0 Å². The minimum absolute atomic E-state index is 0.583. The summed E-state index contributed by atoms with van der Waals surface area (Å²) in [6.07, 6.45) is 6.26. The van der Waals surface area contributed by atoms with E-state index in [1.807, 2.05) is 30.8 Å². The van der Waals surface area contributed by atoms with Crippen molar-refractivity contribution in [3.63, 3.8) is 0 Å². The fourth-order valence-corrected chi connectivity index (χ4v) is 2.31. The Morgan fingerprint density at radius 2 is 1.60 bits per heavy atom. The molecule has 2 aromatic rings. The Balaban J connectivity index is 0.000000553. The Labute approximate surface area is 170 Å². The molecule has 2 heterocycles. The van der Waals surface area contributed by atoms with Crippen LogP contribution in [-0.4, -0.2) is 62.8 Å². The number of unbranched alkanes of at least 4 members (excludes halogenated alkanes) is 2. The third-order valence-corrected chi connectivity index (χ3v) is 3.58. The van der Waals surface area contributed by atoms with Crippen LogP contribution in [0.25, 0.3) is 11.2 Å². The van der Waals surface area contributed by atoms with E-state index in [4.69, 9.17) is 4.84 Å². The summed E-state index contributed by atoms with van der Waals surface area (Å²) in [6, 6.07) is 4.53. The molecule has 2 rings (SSSR count). The third kappa shape index (κ3) is 11.1. The molecule has 0 saturated carbocycles. The van der Waals surface area contributed by atoms with Crippen LogP contribution in [0, 0.1) is 0 Å². The predicted molar refractivity (Wildman–Crippen MR) is 104 cm³/mol. The van der Waals surface area contributed by atoms with Crippen molar-refractivity contribution < 1.29 is 34.6 Å². The van der Waals surface area contributed by atoms with Crippen LogP contribution < -0.4 is 4.84 Å². The molecule has 0 N–H and O–H groups in total. The van der Waals surface area contributed by atoms with Crippen molar-refractivity contribution in [2.45, 2.75) is 39.5 Å². The van der Waals surface area contributed by atoms with E-state index in [2.05, 4.69) is 34.0 Å². The van der Waals surface area contributed by atoms with E-state index >= 15 is 0 Å². The number of fused-ring (bicyclic) bond motifs is 1. The molecule has 0 unspecified atom stereocenters. The molecule has 14 heteroatoms. The molecular formula is C16H27F6N6OP. The summed E-state index contributed by atoms with van der Waals surface area (Å²) in [5.41, 5.74) is 1.34. The second-order valence-electron chi connectivity index (χ2n) is 6.73. The van der Waals surface area contributed by atoms with E-state index in [1.54, 1.807) is 6.20 Å². The fourth-order valence-electron chi connectivity index (χ4n) is 2.31. The zero-order valence-corrected chi connectivity index (χ0v) is 18.2. The normalized spacial score (nSPS) is 13.7. The van der Waals surface area contributed by atoms with Gasteiger partial charge < -0.3 is 0 Å². The fraction of sp³-hybridized carbons (Fsp3) is 0.625. The summed E-state index contributed by atoms with van der Waals surface area (Å²) in [5.74, 6) is 0. The first-order valence-corrected chi connectivity index (χ1v) is 11.4. The molecule has 0 bridgehead atoms. The Morgan fingerprint density at radius 1 is 1.07 bits per heavy atom. The maximum absolute atomic E-state index is 10.7. The van der Waals surface area contributed by atoms with E-state index in [-0.39, 0.29) is 0 Å². The molecule has 7 nitrogen and oxygen atoms in total. The van der Waals surface area contributed by atoms with E-state index in [0.29, 0.717) is 5.65 Å². The Hall–Kier alpha value is -2.17. The van der Waals surface area contributed by atoms with Gasteiger partial charge in [0.05, 0.1) is 27.2 Å². The van der Waals surface area contributed by atoms with Crippen molar-refractivity contribution in [3.8, 4) is 0 Å². The van der Waals surface area contributed by atoms with Crippen molar-refractivity contribution in [2.75, 3.05) is 27.2 Å². The van der Waals surface area contributed by atoms with Gasteiger partial charge in [0.15, 0.2) is 5.52 Å². The molecule has 174 valence electrons. The van der Waals surface area contributed by atoms with Gasteiger partial charge in [-0.05, 0) is 30.2 Å². The van der Waals surface area contributed by atoms with Gasteiger partial charge in [-0.3, -0.25) is 4.84 Å². The van der Waals surface area contributed by atoms with E-state index < -0.39 is 7.81 Å². The van der Waals surface area contributed by atoms with Gasteiger partial charge >= 0.3 is 39.0 Å². The third-order valence-electron chi connectivity index (χ3n) is 3.58. The summed E-state index contributed by atoms with van der Waals surface area (Å²) in [7, 11) is -6.69. The minimum atomic E-state index is -10.7. The summed E-state index contributed by atoms with van der Waals surface area (Å²) < 4.78 is 61.2. The van der Waals surface area contributed by atoms with Crippen LogP contribution in [0.5, 0.6) is 0 Å². The first kappa shape index (κ1) is 25.9. The molecule has 0 aromatic carbocycles. The van der Waals surface area contributed by atoms with E-state index in [0.717, 1.165) is 50.3 Å². The van der Waals surface area contributed by atoms with Crippen molar-refractivity contribution in [2.24, 2.45) is 0 Å². The molecule has 0 aliphatic rings. The second kappa shape index (κ2) is 9.32. The standard InChI is InChI=1S/C16H27N6O.F6P/c1-5-7-12-21(13-8-6-2)16(20(3)4)23-22-14-10-9-11-17-15(14)18-19-22;1-7(2,3,4,5)6/h9-11H,5-8,12-13H2,1-4H3;/q+1;-1. The molecule has 0 saturated heterocycles. The molecule has 0 spiro atoms. The average Bonchev–Trinajstić information content (AvgIpc) is 3.00. The number of aromatic nitrogens is 4. The molecule has 30 heavy (non-hydrogen) atoms. The number of hydrogen-bond donors (Lipinski definition) is 0. The van der Waals surface area contributed by atoms with Crippen molar-refractivity contribution in [1.29, 1.82) is 0 Å². The predicted octanol–water partition coefficient (Wildman–Crippen LogP) is 5.17. The van der Waals surface area contributed by atoms with Crippen molar-refractivity contribution >= 4 is 25.0 Å². The van der Waals surface area contributed by atoms with Crippen molar-refractivity contribution in [3.05, 3.63) is 18.3 Å². The van der Waals surface area contributed by atoms with Gasteiger partial charge in [-0.25, -0.2) is 14.5 Å². The van der Waals surface area contributed by atoms with Gasteiger partial charge in [-0.1, -0.05) is 31.5 Å². The number of hydrogen-bond acceptors (Lipinski definition) is 4. The molecule has 0 fully saturated rings. The molecule has 2 aromatic heterocycles. The van der Waals surface area contributed by atoms with Gasteiger partial charge in [0, 0.05) is 6.20 Å². The number of amidine groups is 1. The zero-order chi connectivity index (χ0) is 23.1. The summed E-state index contributed by atoms with van der Waals surface area (Å²) in [6.45, 7) is 6.33. The topological polar surface area (TPSA) is 59.1 Å². The number of halogens is 6. The first-order valence-electron chi connectivity index (χ1n) is 9.32. The van der Waals surface area contributed by atoms with Crippen molar-refractivity contribution in [1.82, 2.24) is 25.0 Å². The summed E-state index contributed by atoms with van der Waals surface area (Å²) in [4.78, 5) is 14.0. The van der Waals surface area contributed by atoms with Crippen LogP contribution in [0.15, 0.2) is 18.3 Å². The van der Waals surface area contributed by atoms with E-state index in [1.165, 1.54) is 4.85 Å². The van der Waals surface area contributed by atoms with Crippen LogP contribution in [0.4, 0.5) is 25.2 Å². The molecule has 0 aliphatic heterocycles. The quantitative estimate of drug-likeness (QED) is 0.186. The van der Waals surface area contributed by atoms with Gasteiger partial charge in [-0.2, -0.15) is 0 Å². The van der Waals surface area contributed by atoms with Gasteiger partial charge in [0.2, 0.25) is 5.65 Å². The zero-order valence-electron chi connectivity index (χ0n) is 17.3. The van der Waals surface area contributed by atoms with Crippen LogP contribution in [0.3, 0.4) is 0 Å². The van der Waals surface area contributed by atoms with Gasteiger partial charge in [-0.15, -0.1) is 5.10 Å². The monoisotopic (exact) mass is 464 g/mol. The van der Waals surface area contributed by atoms with Gasteiger partial charge in [0.25, 0.3) is 0 Å². The van der Waals surface area contributed by atoms with Crippen LogP contribution in [0.1, 0.15) is 39.5 Å². The Kier molecular flexibility index (Phi) is 8.03. The van der Waals surface area contributed by atoms with Crippen LogP contribution >= 0.6 is 7.81 Å². The van der Waals surface area contributed by atoms with Gasteiger partial charge in [0.1, 0.15) is 0 Å². The first-order chi connectivity index (χ1) is 13.6. The maximum atomic E-state index is 9.87. The molecule has 0 aliphatic carbocycles. The number of nitrogens with zero attached hydrogens (tertiary/aromatic N) is 6. The molecule has 0 radical (unpaired) electrons. The number of rotatable bonds is 7. The number of pyridine rings is 1. The van der Waals surface area contributed by atoms with E-state index in [9.17, 15) is 25.2 Å². The Bertz CT molecular complexity index is 831. The van der Waals surface area contributed by atoms with Crippen LogP contribution in [0.2, 0.25) is 0 Å². The SMILES string of the molecule is CCCCN(CCCC)C(On1nnc2ncccc21)=[N+](C)C.F[P-](F)(F)(F)(F)F. The Morgan fingerprint density at radius 3 is 2.07 bits per heavy atom. The average molecular weight is 464 g/mol. The molecule has 0 amide bonds. The molecule has 0 atom stereocenters.